The van der Waals surface area contributed by atoms with E-state index in [1.165, 1.54) is 21.4 Å². The van der Waals surface area contributed by atoms with E-state index in [9.17, 15) is 0 Å². The lowest BCUT2D eigenvalue weighted by atomic mass is 10.2. The third-order valence-corrected chi connectivity index (χ3v) is 3.32. The molecule has 7 heavy (non-hydrogen) atoms. The van der Waals surface area contributed by atoms with E-state index in [0.717, 1.165) is 11.3 Å². The Morgan fingerprint density at radius 1 is 1.14 bits per heavy atom. The van der Waals surface area contributed by atoms with Crippen molar-refractivity contribution in [1.29, 1.82) is 0 Å². The normalized spacial score (nSPS) is 45.4. The predicted octanol–water partition coefficient (Wildman–Crippen LogP) is 2.24. The molecular formula is C6H13P. The fourth-order valence-corrected chi connectivity index (χ4v) is 2.79. The second-order valence-electron chi connectivity index (χ2n) is 2.55. The van der Waals surface area contributed by atoms with Crippen molar-refractivity contribution in [3.63, 3.8) is 0 Å². The van der Waals surface area contributed by atoms with Gasteiger partial charge in [-0.05, 0) is 24.2 Å². The molecule has 1 heterocycles. The van der Waals surface area contributed by atoms with Crippen LogP contribution in [0.25, 0.3) is 0 Å². The molecule has 0 spiro atoms. The van der Waals surface area contributed by atoms with Crippen molar-refractivity contribution >= 4 is 8.58 Å². The van der Waals surface area contributed by atoms with Crippen LogP contribution in [0.3, 0.4) is 0 Å². The smallest absolute Gasteiger partial charge is 0.0262 e. The van der Waals surface area contributed by atoms with Crippen molar-refractivity contribution in [2.24, 2.45) is 0 Å². The molecule has 0 aromatic carbocycles. The molecule has 0 amide bonds. The minimum absolute atomic E-state index is 1.05. The highest BCUT2D eigenvalue weighted by molar-refractivity contribution is 7.40. The molecule has 1 aliphatic heterocycles. The van der Waals surface area contributed by atoms with Crippen LogP contribution < -0.4 is 0 Å². The number of hydrogen-bond donors (Lipinski definition) is 0. The van der Waals surface area contributed by atoms with Crippen LogP contribution in [0.2, 0.25) is 0 Å². The highest BCUT2D eigenvalue weighted by atomic mass is 31.1. The first-order valence-corrected chi connectivity index (χ1v) is 4.20. The van der Waals surface area contributed by atoms with Gasteiger partial charge in [-0.15, -0.1) is 8.58 Å². The van der Waals surface area contributed by atoms with Crippen molar-refractivity contribution in [1.82, 2.24) is 0 Å². The summed E-state index contributed by atoms with van der Waals surface area (Å²) in [5, 5.41) is 0. The summed E-state index contributed by atoms with van der Waals surface area (Å²) in [4.78, 5) is 0. The Hall–Kier alpha value is 0.430. The third kappa shape index (κ3) is 1.42. The van der Waals surface area contributed by atoms with Crippen molar-refractivity contribution < 1.29 is 0 Å². The molecule has 1 fully saturated rings. The van der Waals surface area contributed by atoms with Gasteiger partial charge in [0, 0.05) is 0 Å². The standard InChI is InChI=1S/C6H13P/c1-5-3-4-6(2)7-5/h5-7H,3-4H2,1-2H3/t5-,6?/m0/s1. The van der Waals surface area contributed by atoms with Gasteiger partial charge in [0.15, 0.2) is 0 Å². The lowest BCUT2D eigenvalue weighted by molar-refractivity contribution is 0.777. The minimum atomic E-state index is 1.05. The van der Waals surface area contributed by atoms with E-state index in [0.29, 0.717) is 0 Å². The zero-order chi connectivity index (χ0) is 5.28. The Bertz CT molecular complexity index is 53.2. The van der Waals surface area contributed by atoms with Gasteiger partial charge in [0.2, 0.25) is 0 Å². The molecule has 0 aromatic heterocycles. The van der Waals surface area contributed by atoms with Crippen molar-refractivity contribution in [2.45, 2.75) is 38.0 Å². The molecule has 1 heteroatoms. The summed E-state index contributed by atoms with van der Waals surface area (Å²) in [5.41, 5.74) is 2.10. The van der Waals surface area contributed by atoms with E-state index in [4.69, 9.17) is 0 Å². The molecule has 0 aliphatic carbocycles. The minimum Gasteiger partial charge on any atom is -0.116 e. The average Bonchev–Trinajstić information content (AvgIpc) is 1.87. The molecule has 0 bridgehead atoms. The van der Waals surface area contributed by atoms with Gasteiger partial charge >= 0.3 is 0 Å². The number of rotatable bonds is 0. The van der Waals surface area contributed by atoms with E-state index in [1.54, 1.807) is 0 Å². The maximum absolute atomic E-state index is 2.36. The van der Waals surface area contributed by atoms with E-state index >= 15 is 0 Å². The van der Waals surface area contributed by atoms with Gasteiger partial charge in [-0.1, -0.05) is 13.8 Å². The summed E-state index contributed by atoms with van der Waals surface area (Å²) in [7, 11) is 1.26. The lowest BCUT2D eigenvalue weighted by Gasteiger charge is -1.97. The van der Waals surface area contributed by atoms with Crippen LogP contribution >= 0.6 is 8.58 Å². The fourth-order valence-electron chi connectivity index (χ4n) is 1.15. The first kappa shape index (κ1) is 5.56. The molecule has 0 N–H and O–H groups in total. The van der Waals surface area contributed by atoms with Crippen LogP contribution in [0.1, 0.15) is 26.7 Å². The molecule has 1 saturated heterocycles. The van der Waals surface area contributed by atoms with Gasteiger partial charge in [-0.25, -0.2) is 0 Å². The van der Waals surface area contributed by atoms with Gasteiger partial charge in [0.05, 0.1) is 0 Å². The SMILES string of the molecule is CC1CC[C@H](C)P1. The second-order valence-corrected chi connectivity index (χ2v) is 4.85. The quantitative estimate of drug-likeness (QED) is 0.426. The van der Waals surface area contributed by atoms with E-state index in [2.05, 4.69) is 13.8 Å². The summed E-state index contributed by atoms with van der Waals surface area (Å²) in [6, 6.07) is 0. The lowest BCUT2D eigenvalue weighted by Crippen LogP contribution is -1.81. The number of hydrogen-bond acceptors (Lipinski definition) is 0. The van der Waals surface area contributed by atoms with Crippen LogP contribution in [0.5, 0.6) is 0 Å². The molecule has 0 aromatic rings. The first-order chi connectivity index (χ1) is 3.29. The Morgan fingerprint density at radius 3 is 1.71 bits per heavy atom. The van der Waals surface area contributed by atoms with E-state index in [1.807, 2.05) is 0 Å². The van der Waals surface area contributed by atoms with Gasteiger partial charge in [-0.2, -0.15) is 0 Å². The molecule has 1 rings (SSSR count). The molecule has 0 radical (unpaired) electrons. The Kier molecular flexibility index (Phi) is 1.69. The highest BCUT2D eigenvalue weighted by Gasteiger charge is 2.15. The van der Waals surface area contributed by atoms with Crippen molar-refractivity contribution in [2.75, 3.05) is 0 Å². The molecule has 1 aliphatic rings. The molecule has 42 valence electrons. The van der Waals surface area contributed by atoms with E-state index < -0.39 is 0 Å². The van der Waals surface area contributed by atoms with Crippen molar-refractivity contribution in [3.05, 3.63) is 0 Å². The second kappa shape index (κ2) is 2.13. The average molecular weight is 116 g/mol. The summed E-state index contributed by atoms with van der Waals surface area (Å²) in [6.07, 6.45) is 2.97. The van der Waals surface area contributed by atoms with Gasteiger partial charge in [-0.3, -0.25) is 0 Å². The van der Waals surface area contributed by atoms with Crippen LogP contribution in [-0.4, -0.2) is 11.3 Å². The molecule has 0 nitrogen and oxygen atoms in total. The predicted molar refractivity (Wildman–Crippen MR) is 36.5 cm³/mol. The third-order valence-electron chi connectivity index (χ3n) is 1.60. The van der Waals surface area contributed by atoms with Crippen LogP contribution in [0, 0.1) is 0 Å². The van der Waals surface area contributed by atoms with Crippen LogP contribution in [0.4, 0.5) is 0 Å². The monoisotopic (exact) mass is 116 g/mol. The fraction of sp³-hybridized carbons (Fsp3) is 1.00. The summed E-state index contributed by atoms with van der Waals surface area (Å²) >= 11 is 0. The Labute approximate surface area is 47.5 Å². The summed E-state index contributed by atoms with van der Waals surface area (Å²) in [6.45, 7) is 4.73. The van der Waals surface area contributed by atoms with Crippen LogP contribution in [0.15, 0.2) is 0 Å². The van der Waals surface area contributed by atoms with Crippen molar-refractivity contribution in [3.8, 4) is 0 Å². The Morgan fingerprint density at radius 2 is 1.57 bits per heavy atom. The molecule has 3 atom stereocenters. The largest absolute Gasteiger partial charge is 0.116 e. The zero-order valence-electron chi connectivity index (χ0n) is 5.07. The van der Waals surface area contributed by atoms with E-state index in [-0.39, 0.29) is 0 Å². The van der Waals surface area contributed by atoms with Gasteiger partial charge in [0.1, 0.15) is 0 Å². The molecule has 2 unspecified atom stereocenters. The summed E-state index contributed by atoms with van der Waals surface area (Å²) < 4.78 is 0. The molecule has 0 saturated carbocycles. The summed E-state index contributed by atoms with van der Waals surface area (Å²) in [5.74, 6) is 0. The van der Waals surface area contributed by atoms with Crippen LogP contribution in [-0.2, 0) is 0 Å². The maximum Gasteiger partial charge on any atom is -0.0262 e. The van der Waals surface area contributed by atoms with Gasteiger partial charge in [0.25, 0.3) is 0 Å². The molecular weight excluding hydrogens is 103 g/mol. The topological polar surface area (TPSA) is 0 Å². The first-order valence-electron chi connectivity index (χ1n) is 3.05. The maximum atomic E-state index is 2.36. The van der Waals surface area contributed by atoms with Gasteiger partial charge < -0.3 is 0 Å². The zero-order valence-corrected chi connectivity index (χ0v) is 6.07. The highest BCUT2D eigenvalue weighted by Crippen LogP contribution is 2.38. The Balaban J connectivity index is 2.26.